The maximum Gasteiger partial charge on any atom is 0.373 e. The lowest BCUT2D eigenvalue weighted by Crippen LogP contribution is -2.36. The van der Waals surface area contributed by atoms with Gasteiger partial charge in [-0.05, 0) is 42.7 Å². The summed E-state index contributed by atoms with van der Waals surface area (Å²) in [6.07, 6.45) is 3.03. The molecule has 1 aromatic heterocycles. The van der Waals surface area contributed by atoms with E-state index in [1.807, 2.05) is 6.07 Å². The van der Waals surface area contributed by atoms with E-state index in [4.69, 9.17) is 9.25 Å². The molecule has 2 aliphatic rings. The molecule has 2 bridgehead atoms. The fourth-order valence-electron chi connectivity index (χ4n) is 4.52. The van der Waals surface area contributed by atoms with E-state index in [-0.39, 0.29) is 16.4 Å². The van der Waals surface area contributed by atoms with E-state index >= 15 is 0 Å². The number of hydrogen-bond donors (Lipinski definition) is 0. The van der Waals surface area contributed by atoms with Crippen LogP contribution in [0.5, 0.6) is 0 Å². The summed E-state index contributed by atoms with van der Waals surface area (Å²) in [6.45, 7) is 4.46. The molecule has 2 aliphatic carbocycles. The molecule has 3 unspecified atom stereocenters. The molecule has 1 aromatic carbocycles. The molecule has 0 aliphatic heterocycles. The number of carbonyl (C=O) groups is 1. The van der Waals surface area contributed by atoms with Crippen LogP contribution in [-0.4, -0.2) is 17.0 Å². The number of carbonyl (C=O) groups excluding carboxylic acids is 1. The summed E-state index contributed by atoms with van der Waals surface area (Å²) in [6, 6.07) is 8.54. The molecular weight excluding hydrogens is 398 g/mol. The normalized spacial score (nSPS) is 31.7. The monoisotopic (exact) mass is 417 g/mol. The quantitative estimate of drug-likeness (QED) is 0.318. The van der Waals surface area contributed by atoms with E-state index in [1.165, 1.54) is 12.5 Å². The number of fused-ring (bicyclic) bond motifs is 3. The van der Waals surface area contributed by atoms with Crippen LogP contribution in [0.2, 0.25) is 0 Å². The fraction of sp³-hybridized carbons (Fsp3) is 0.450. The summed E-state index contributed by atoms with van der Waals surface area (Å²) in [5, 5.41) is 5.75. The maximum absolute atomic E-state index is 12.4. The van der Waals surface area contributed by atoms with Crippen LogP contribution >= 0.6 is 15.9 Å². The number of hydrogen-bond acceptors (Lipinski definition) is 5. The van der Waals surface area contributed by atoms with Crippen molar-refractivity contribution in [2.24, 2.45) is 21.9 Å². The number of oxime groups is 1. The summed E-state index contributed by atoms with van der Waals surface area (Å²) >= 11 is 3.65. The summed E-state index contributed by atoms with van der Waals surface area (Å²) in [5.74, 6) is -0.237. The van der Waals surface area contributed by atoms with E-state index in [0.717, 1.165) is 23.9 Å². The molecule has 0 N–H and O–H groups in total. The van der Waals surface area contributed by atoms with Gasteiger partial charge in [-0.25, -0.2) is 9.59 Å². The summed E-state index contributed by atoms with van der Waals surface area (Å²) in [5.41, 5.74) is 0.529. The minimum absolute atomic E-state index is 0.0878. The third kappa shape index (κ3) is 2.38. The second kappa shape index (κ2) is 6.05. The number of benzene rings is 1. The molecule has 2 fully saturated rings. The summed E-state index contributed by atoms with van der Waals surface area (Å²) < 4.78 is 5.19. The molecule has 0 radical (unpaired) electrons. The van der Waals surface area contributed by atoms with Crippen LogP contribution in [0.25, 0.3) is 11.0 Å². The first-order valence-electron chi connectivity index (χ1n) is 8.76. The van der Waals surface area contributed by atoms with Gasteiger partial charge < -0.3 is 9.25 Å². The average Bonchev–Trinajstić information content (AvgIpc) is 3.01. The molecule has 2 saturated carbocycles. The highest BCUT2D eigenvalue weighted by molar-refractivity contribution is 9.09. The van der Waals surface area contributed by atoms with Crippen molar-refractivity contribution in [3.63, 3.8) is 0 Å². The van der Waals surface area contributed by atoms with E-state index in [2.05, 4.69) is 34.9 Å². The molecule has 5 nitrogen and oxygen atoms in total. The van der Waals surface area contributed by atoms with Gasteiger partial charge in [0, 0.05) is 16.1 Å². The van der Waals surface area contributed by atoms with Gasteiger partial charge in [0.25, 0.3) is 0 Å². The minimum Gasteiger partial charge on any atom is -0.422 e. The van der Waals surface area contributed by atoms with Crippen molar-refractivity contribution < 1.29 is 14.0 Å². The first-order chi connectivity index (χ1) is 12.4. The van der Waals surface area contributed by atoms with Crippen molar-refractivity contribution in [1.29, 1.82) is 0 Å². The lowest BCUT2D eigenvalue weighted by Gasteiger charge is -2.36. The van der Waals surface area contributed by atoms with Crippen molar-refractivity contribution in [2.75, 3.05) is 5.33 Å². The lowest BCUT2D eigenvalue weighted by molar-refractivity contribution is 0.0504. The fourth-order valence-corrected chi connectivity index (χ4v) is 5.60. The van der Waals surface area contributed by atoms with Crippen LogP contribution in [0.15, 0.2) is 44.7 Å². The Labute approximate surface area is 159 Å². The predicted molar refractivity (Wildman–Crippen MR) is 103 cm³/mol. The van der Waals surface area contributed by atoms with Crippen LogP contribution in [-0.2, 0) is 4.84 Å². The number of rotatable bonds is 3. The number of alkyl halides is 1. The van der Waals surface area contributed by atoms with Gasteiger partial charge in [0.15, 0.2) is 0 Å². The Morgan fingerprint density at radius 3 is 2.88 bits per heavy atom. The smallest absolute Gasteiger partial charge is 0.373 e. The predicted octanol–water partition coefficient (Wildman–Crippen LogP) is 4.53. The summed E-state index contributed by atoms with van der Waals surface area (Å²) in [7, 11) is 0. The van der Waals surface area contributed by atoms with Gasteiger partial charge >= 0.3 is 11.6 Å². The average molecular weight is 418 g/mol. The first-order valence-corrected chi connectivity index (χ1v) is 9.89. The van der Waals surface area contributed by atoms with Crippen LogP contribution in [0.3, 0.4) is 0 Å². The Morgan fingerprint density at radius 2 is 2.15 bits per heavy atom. The van der Waals surface area contributed by atoms with E-state index in [0.29, 0.717) is 16.9 Å². The number of para-hydroxylation sites is 1. The molecule has 1 heterocycles. The Hall–Kier alpha value is -1.95. The Kier molecular flexibility index (Phi) is 4.06. The van der Waals surface area contributed by atoms with Gasteiger partial charge in [-0.3, -0.25) is 0 Å². The summed E-state index contributed by atoms with van der Waals surface area (Å²) in [4.78, 5) is 29.7. The molecule has 0 saturated heterocycles. The second-order valence-corrected chi connectivity index (χ2v) is 8.29. The maximum atomic E-state index is 12.4. The van der Waals surface area contributed by atoms with Crippen LogP contribution < -0.4 is 5.63 Å². The zero-order chi connectivity index (χ0) is 18.5. The third-order valence-corrected chi connectivity index (χ3v) is 7.77. The largest absolute Gasteiger partial charge is 0.422 e. The molecule has 0 amide bonds. The van der Waals surface area contributed by atoms with Gasteiger partial charge in [0.1, 0.15) is 11.1 Å². The Bertz CT molecular complexity index is 981. The van der Waals surface area contributed by atoms with Gasteiger partial charge in [-0.2, -0.15) is 0 Å². The first kappa shape index (κ1) is 17.5. The molecule has 26 heavy (non-hydrogen) atoms. The second-order valence-electron chi connectivity index (χ2n) is 7.73. The molecule has 4 rings (SSSR count). The number of halogens is 1. The lowest BCUT2D eigenvalue weighted by atomic mass is 9.70. The van der Waals surface area contributed by atoms with Gasteiger partial charge in [0.2, 0.25) is 0 Å². The van der Waals surface area contributed by atoms with Crippen LogP contribution in [0.1, 0.15) is 43.5 Å². The van der Waals surface area contributed by atoms with Crippen LogP contribution in [0.4, 0.5) is 0 Å². The zero-order valence-corrected chi connectivity index (χ0v) is 16.3. The third-order valence-electron chi connectivity index (χ3n) is 6.61. The van der Waals surface area contributed by atoms with Crippen LogP contribution in [0, 0.1) is 16.7 Å². The minimum atomic E-state index is -0.774. The zero-order valence-electron chi connectivity index (χ0n) is 14.8. The molecule has 2 aromatic rings. The topological polar surface area (TPSA) is 68.9 Å². The van der Waals surface area contributed by atoms with Crippen molar-refractivity contribution in [2.45, 2.75) is 33.1 Å². The van der Waals surface area contributed by atoms with Gasteiger partial charge in [-0.15, -0.1) is 0 Å². The van der Waals surface area contributed by atoms with Gasteiger partial charge in [-0.1, -0.05) is 53.1 Å². The SMILES string of the molecule is CC12CCC(C/C1=N\OC(=O)c1cc3ccccc3oc1=O)C2(C)CBr. The van der Waals surface area contributed by atoms with E-state index < -0.39 is 11.6 Å². The molecule has 0 spiro atoms. The molecular formula is C20H20BrNO4. The molecule has 136 valence electrons. The molecule has 3 atom stereocenters. The van der Waals surface area contributed by atoms with Gasteiger partial charge in [0.05, 0.1) is 5.71 Å². The Balaban J connectivity index is 1.61. The van der Waals surface area contributed by atoms with E-state index in [9.17, 15) is 9.59 Å². The highest BCUT2D eigenvalue weighted by Crippen LogP contribution is 2.64. The van der Waals surface area contributed by atoms with Crippen molar-refractivity contribution in [3.05, 3.63) is 46.3 Å². The highest BCUT2D eigenvalue weighted by Gasteiger charge is 2.62. The Morgan fingerprint density at radius 1 is 1.38 bits per heavy atom. The van der Waals surface area contributed by atoms with Crippen molar-refractivity contribution >= 4 is 38.6 Å². The standard InChI is InChI=1S/C20H20BrNO4/c1-19-8-7-13(20(19,2)11-21)10-16(19)22-26-18(24)14-9-12-5-3-4-6-15(12)25-17(14)23/h3-6,9,13H,7-8,10-11H2,1-2H3/b22-16+. The van der Waals surface area contributed by atoms with Crippen molar-refractivity contribution in [3.8, 4) is 0 Å². The highest BCUT2D eigenvalue weighted by atomic mass is 79.9. The van der Waals surface area contributed by atoms with Crippen molar-refractivity contribution in [1.82, 2.24) is 0 Å². The van der Waals surface area contributed by atoms with E-state index in [1.54, 1.807) is 18.2 Å². The molecule has 6 heteroatoms. The number of nitrogens with zero attached hydrogens (tertiary/aromatic N) is 1.